The molecule has 1 aliphatic heterocycles. The van der Waals surface area contributed by atoms with Gasteiger partial charge in [-0.05, 0) is 18.2 Å². The number of fused-ring (bicyclic) bond motifs is 1. The van der Waals surface area contributed by atoms with Gasteiger partial charge < -0.3 is 5.32 Å². The lowest BCUT2D eigenvalue weighted by Crippen LogP contribution is -2.16. The zero-order valence-electron chi connectivity index (χ0n) is 7.54. The van der Waals surface area contributed by atoms with E-state index in [9.17, 15) is 14.4 Å². The van der Waals surface area contributed by atoms with Crippen molar-refractivity contribution in [2.75, 3.05) is 5.32 Å². The maximum Gasteiger partial charge on any atom is 0.232 e. The molecule has 0 saturated heterocycles. The average molecular weight is 268 g/mol. The molecule has 1 heterocycles. The van der Waals surface area contributed by atoms with Gasteiger partial charge in [-0.15, -0.1) is 0 Å². The summed E-state index contributed by atoms with van der Waals surface area (Å²) >= 11 is 3.22. The van der Waals surface area contributed by atoms with Crippen molar-refractivity contribution in [3.8, 4) is 0 Å². The summed E-state index contributed by atoms with van der Waals surface area (Å²) in [5, 5.41) is 2.51. The smallest absolute Gasteiger partial charge is 0.232 e. The van der Waals surface area contributed by atoms with E-state index in [0.29, 0.717) is 5.69 Å². The fraction of sp³-hybridized carbons (Fsp3) is 0.100. The average Bonchev–Trinajstić information content (AvgIpc) is 2.25. The SMILES string of the molecule is O=C1CC(=O)C(=O)c2ccc(Br)cc2N1. The van der Waals surface area contributed by atoms with Crippen molar-refractivity contribution in [3.05, 3.63) is 28.2 Å². The Labute approximate surface area is 93.8 Å². The van der Waals surface area contributed by atoms with Gasteiger partial charge in [0.2, 0.25) is 17.5 Å². The Bertz CT molecular complexity index is 482. The summed E-state index contributed by atoms with van der Waals surface area (Å²) in [6, 6.07) is 4.77. The Hall–Kier alpha value is -1.49. The third-order valence-corrected chi connectivity index (χ3v) is 2.57. The summed E-state index contributed by atoms with van der Waals surface area (Å²) in [4.78, 5) is 34.0. The summed E-state index contributed by atoms with van der Waals surface area (Å²) in [6.07, 6.45) is -0.384. The van der Waals surface area contributed by atoms with Crippen LogP contribution >= 0.6 is 15.9 Å². The van der Waals surface area contributed by atoms with Crippen molar-refractivity contribution >= 4 is 39.1 Å². The molecule has 76 valence electrons. The second kappa shape index (κ2) is 3.58. The molecule has 1 aromatic rings. The van der Waals surface area contributed by atoms with Crippen molar-refractivity contribution in [2.24, 2.45) is 0 Å². The van der Waals surface area contributed by atoms with Gasteiger partial charge in [-0.2, -0.15) is 0 Å². The Balaban J connectivity index is 2.59. The van der Waals surface area contributed by atoms with E-state index in [1.54, 1.807) is 12.1 Å². The molecule has 4 nitrogen and oxygen atoms in total. The van der Waals surface area contributed by atoms with Crippen LogP contribution in [0.25, 0.3) is 0 Å². The molecule has 1 N–H and O–H groups in total. The maximum absolute atomic E-state index is 11.5. The summed E-state index contributed by atoms with van der Waals surface area (Å²) in [5.41, 5.74) is 0.624. The van der Waals surface area contributed by atoms with Gasteiger partial charge in [0.1, 0.15) is 0 Å². The number of halogens is 1. The number of carbonyl (C=O) groups excluding carboxylic acids is 3. The first-order valence-electron chi connectivity index (χ1n) is 4.25. The van der Waals surface area contributed by atoms with Gasteiger partial charge in [-0.25, -0.2) is 0 Å². The molecule has 0 atom stereocenters. The highest BCUT2D eigenvalue weighted by molar-refractivity contribution is 9.10. The second-order valence-corrected chi connectivity index (χ2v) is 4.08. The van der Waals surface area contributed by atoms with Crippen molar-refractivity contribution in [1.29, 1.82) is 0 Å². The van der Waals surface area contributed by atoms with Crippen LogP contribution in [-0.2, 0) is 9.59 Å². The summed E-state index contributed by atoms with van der Waals surface area (Å²) in [7, 11) is 0. The predicted molar refractivity (Wildman–Crippen MR) is 56.7 cm³/mol. The second-order valence-electron chi connectivity index (χ2n) is 3.17. The monoisotopic (exact) mass is 267 g/mol. The Morgan fingerprint density at radius 2 is 1.93 bits per heavy atom. The molecular weight excluding hydrogens is 262 g/mol. The number of hydrogen-bond donors (Lipinski definition) is 1. The highest BCUT2D eigenvalue weighted by Crippen LogP contribution is 2.24. The van der Waals surface area contributed by atoms with Crippen LogP contribution in [0.2, 0.25) is 0 Å². The Kier molecular flexibility index (Phi) is 2.40. The number of benzene rings is 1. The van der Waals surface area contributed by atoms with E-state index in [1.165, 1.54) is 6.07 Å². The van der Waals surface area contributed by atoms with E-state index in [4.69, 9.17) is 0 Å². The van der Waals surface area contributed by atoms with Crippen LogP contribution in [-0.4, -0.2) is 17.5 Å². The molecule has 0 unspecified atom stereocenters. The van der Waals surface area contributed by atoms with Crippen LogP contribution < -0.4 is 5.32 Å². The number of carbonyl (C=O) groups is 3. The van der Waals surface area contributed by atoms with Gasteiger partial charge in [-0.1, -0.05) is 15.9 Å². The van der Waals surface area contributed by atoms with Gasteiger partial charge in [0, 0.05) is 10.0 Å². The number of rotatable bonds is 0. The maximum atomic E-state index is 11.5. The van der Waals surface area contributed by atoms with Crippen LogP contribution in [0.3, 0.4) is 0 Å². The first-order chi connectivity index (χ1) is 7.08. The first kappa shape index (κ1) is 10.0. The number of amides is 1. The van der Waals surface area contributed by atoms with Crippen LogP contribution in [0.1, 0.15) is 16.8 Å². The Morgan fingerprint density at radius 1 is 1.20 bits per heavy atom. The van der Waals surface area contributed by atoms with Crippen LogP contribution in [0.15, 0.2) is 22.7 Å². The third-order valence-electron chi connectivity index (χ3n) is 2.07. The molecule has 2 rings (SSSR count). The standard InChI is InChI=1S/C10H6BrNO3/c11-5-1-2-6-7(3-5)12-9(14)4-8(13)10(6)15/h1-3H,4H2,(H,12,14). The molecule has 15 heavy (non-hydrogen) atoms. The lowest BCUT2D eigenvalue weighted by molar-refractivity contribution is -0.123. The topological polar surface area (TPSA) is 63.2 Å². The third kappa shape index (κ3) is 1.83. The number of anilines is 1. The Morgan fingerprint density at radius 3 is 2.67 bits per heavy atom. The van der Waals surface area contributed by atoms with E-state index in [2.05, 4.69) is 21.2 Å². The molecule has 0 aromatic heterocycles. The van der Waals surface area contributed by atoms with Crippen molar-refractivity contribution in [1.82, 2.24) is 0 Å². The van der Waals surface area contributed by atoms with E-state index >= 15 is 0 Å². The van der Waals surface area contributed by atoms with Gasteiger partial charge >= 0.3 is 0 Å². The molecule has 5 heteroatoms. The minimum Gasteiger partial charge on any atom is -0.325 e. The summed E-state index contributed by atoms with van der Waals surface area (Å²) in [5.74, 6) is -1.74. The number of nitrogens with one attached hydrogen (secondary N) is 1. The lowest BCUT2D eigenvalue weighted by Gasteiger charge is -2.04. The fourth-order valence-electron chi connectivity index (χ4n) is 1.39. The molecule has 0 aliphatic carbocycles. The number of Topliss-reactive ketones (excluding diaryl/α,β-unsaturated/α-hetero) is 2. The van der Waals surface area contributed by atoms with E-state index in [0.717, 1.165) is 4.47 Å². The van der Waals surface area contributed by atoms with Gasteiger partial charge in [0.15, 0.2) is 0 Å². The van der Waals surface area contributed by atoms with E-state index in [1.807, 2.05) is 0 Å². The van der Waals surface area contributed by atoms with Crippen LogP contribution in [0.4, 0.5) is 5.69 Å². The normalized spacial score (nSPS) is 15.7. The molecule has 0 saturated carbocycles. The van der Waals surface area contributed by atoms with E-state index < -0.39 is 17.5 Å². The van der Waals surface area contributed by atoms with Gasteiger partial charge in [-0.3, -0.25) is 14.4 Å². The van der Waals surface area contributed by atoms with Crippen molar-refractivity contribution in [3.63, 3.8) is 0 Å². The summed E-state index contributed by atoms with van der Waals surface area (Å²) in [6.45, 7) is 0. The highest BCUT2D eigenvalue weighted by Gasteiger charge is 2.26. The fourth-order valence-corrected chi connectivity index (χ4v) is 1.75. The van der Waals surface area contributed by atoms with Crippen LogP contribution in [0, 0.1) is 0 Å². The molecule has 0 spiro atoms. The zero-order chi connectivity index (χ0) is 11.0. The zero-order valence-corrected chi connectivity index (χ0v) is 9.13. The van der Waals surface area contributed by atoms with Gasteiger partial charge in [0.25, 0.3) is 0 Å². The van der Waals surface area contributed by atoms with E-state index in [-0.39, 0.29) is 12.0 Å². The predicted octanol–water partition coefficient (Wildman–Crippen LogP) is 1.54. The minimum absolute atomic E-state index is 0.244. The lowest BCUT2D eigenvalue weighted by atomic mass is 10.1. The van der Waals surface area contributed by atoms with Gasteiger partial charge in [0.05, 0.1) is 12.1 Å². The van der Waals surface area contributed by atoms with Crippen molar-refractivity contribution in [2.45, 2.75) is 6.42 Å². The quantitative estimate of drug-likeness (QED) is 0.573. The summed E-state index contributed by atoms with van der Waals surface area (Å²) < 4.78 is 0.740. The van der Waals surface area contributed by atoms with Crippen molar-refractivity contribution < 1.29 is 14.4 Å². The molecule has 1 aromatic carbocycles. The highest BCUT2D eigenvalue weighted by atomic mass is 79.9. The molecule has 0 fully saturated rings. The number of ketones is 2. The largest absolute Gasteiger partial charge is 0.325 e. The van der Waals surface area contributed by atoms with Crippen LogP contribution in [0.5, 0.6) is 0 Å². The first-order valence-corrected chi connectivity index (χ1v) is 5.04. The minimum atomic E-state index is -0.673. The molecule has 0 bridgehead atoms. The molecule has 1 amide bonds. The molecule has 0 radical (unpaired) electrons. The molecular formula is C10H6BrNO3. The number of hydrogen-bond acceptors (Lipinski definition) is 3. The molecule has 1 aliphatic rings.